The Labute approximate surface area is 98.1 Å². The van der Waals surface area contributed by atoms with Gasteiger partial charge in [0.2, 0.25) is 5.91 Å². The monoisotopic (exact) mass is 228 g/mol. The van der Waals surface area contributed by atoms with E-state index in [9.17, 15) is 4.79 Å². The molecule has 94 valence electrons. The molecule has 1 aliphatic rings. The second-order valence-corrected chi connectivity index (χ2v) is 5.73. The maximum atomic E-state index is 12.1. The summed E-state index contributed by atoms with van der Waals surface area (Å²) in [6.45, 7) is 5.88. The SMILES string of the molecule is CN(C(=O)C(C)(C)C)C1CCC(ON)CC1. The molecule has 0 spiro atoms. The van der Waals surface area contributed by atoms with Crippen molar-refractivity contribution >= 4 is 5.91 Å². The Morgan fingerprint density at radius 3 is 2.12 bits per heavy atom. The molecular formula is C12H24N2O2. The molecular weight excluding hydrogens is 204 g/mol. The lowest BCUT2D eigenvalue weighted by Gasteiger charge is -2.36. The quantitative estimate of drug-likeness (QED) is 0.732. The first-order valence-electron chi connectivity index (χ1n) is 5.99. The van der Waals surface area contributed by atoms with E-state index < -0.39 is 0 Å². The molecule has 0 radical (unpaired) electrons. The Morgan fingerprint density at radius 2 is 1.75 bits per heavy atom. The summed E-state index contributed by atoms with van der Waals surface area (Å²) >= 11 is 0. The second kappa shape index (κ2) is 5.15. The lowest BCUT2D eigenvalue weighted by atomic mass is 9.89. The Balaban J connectivity index is 2.50. The van der Waals surface area contributed by atoms with Gasteiger partial charge >= 0.3 is 0 Å². The van der Waals surface area contributed by atoms with Crippen LogP contribution in [-0.4, -0.2) is 30.0 Å². The predicted molar refractivity (Wildman–Crippen MR) is 63.5 cm³/mol. The van der Waals surface area contributed by atoms with Gasteiger partial charge in [-0.3, -0.25) is 4.79 Å². The zero-order valence-electron chi connectivity index (χ0n) is 10.8. The number of amides is 1. The zero-order valence-corrected chi connectivity index (χ0v) is 10.8. The van der Waals surface area contributed by atoms with Crippen LogP contribution in [0.4, 0.5) is 0 Å². The predicted octanol–water partition coefficient (Wildman–Crippen LogP) is 1.69. The molecule has 1 rings (SSSR count). The average molecular weight is 228 g/mol. The number of carbonyl (C=O) groups is 1. The standard InChI is InChI=1S/C12H24N2O2/c1-12(2,3)11(15)14(4)9-5-7-10(16-13)8-6-9/h9-10H,5-8,13H2,1-4H3. The van der Waals surface area contributed by atoms with Crippen LogP contribution in [-0.2, 0) is 9.63 Å². The molecule has 0 aromatic carbocycles. The van der Waals surface area contributed by atoms with Gasteiger partial charge in [-0.05, 0) is 25.7 Å². The summed E-state index contributed by atoms with van der Waals surface area (Å²) in [5.74, 6) is 5.39. The Morgan fingerprint density at radius 1 is 1.25 bits per heavy atom. The van der Waals surface area contributed by atoms with Crippen LogP contribution >= 0.6 is 0 Å². The third-order valence-electron chi connectivity index (χ3n) is 3.35. The van der Waals surface area contributed by atoms with Crippen LogP contribution in [0.15, 0.2) is 0 Å². The molecule has 0 atom stereocenters. The van der Waals surface area contributed by atoms with E-state index in [-0.39, 0.29) is 17.4 Å². The van der Waals surface area contributed by atoms with E-state index in [2.05, 4.69) is 0 Å². The van der Waals surface area contributed by atoms with Gasteiger partial charge in [-0.15, -0.1) is 0 Å². The third-order valence-corrected chi connectivity index (χ3v) is 3.35. The van der Waals surface area contributed by atoms with Crippen LogP contribution in [0.1, 0.15) is 46.5 Å². The van der Waals surface area contributed by atoms with Crippen LogP contribution in [0.5, 0.6) is 0 Å². The molecule has 0 saturated heterocycles. The van der Waals surface area contributed by atoms with Gasteiger partial charge in [0.15, 0.2) is 0 Å². The number of nitrogens with zero attached hydrogens (tertiary/aromatic N) is 1. The summed E-state index contributed by atoms with van der Waals surface area (Å²) in [5, 5.41) is 0. The summed E-state index contributed by atoms with van der Waals surface area (Å²) in [4.78, 5) is 18.8. The number of hydrogen-bond donors (Lipinski definition) is 1. The van der Waals surface area contributed by atoms with Crippen LogP contribution in [0.25, 0.3) is 0 Å². The smallest absolute Gasteiger partial charge is 0.227 e. The molecule has 1 saturated carbocycles. The van der Waals surface area contributed by atoms with Crippen LogP contribution < -0.4 is 5.90 Å². The fourth-order valence-corrected chi connectivity index (χ4v) is 2.26. The molecule has 0 aliphatic heterocycles. The fourth-order valence-electron chi connectivity index (χ4n) is 2.26. The maximum absolute atomic E-state index is 12.1. The number of nitrogens with two attached hydrogens (primary N) is 1. The lowest BCUT2D eigenvalue weighted by Crippen LogP contribution is -2.45. The van der Waals surface area contributed by atoms with Crippen molar-refractivity contribution in [3.05, 3.63) is 0 Å². The summed E-state index contributed by atoms with van der Waals surface area (Å²) in [6, 6.07) is 0.345. The van der Waals surface area contributed by atoms with Gasteiger partial charge in [0.25, 0.3) is 0 Å². The lowest BCUT2D eigenvalue weighted by molar-refractivity contribution is -0.141. The number of rotatable bonds is 2. The molecule has 0 aromatic rings. The summed E-state index contributed by atoms with van der Waals surface area (Å²) in [5.41, 5.74) is -0.296. The van der Waals surface area contributed by atoms with Crippen molar-refractivity contribution in [3.8, 4) is 0 Å². The highest BCUT2D eigenvalue weighted by Crippen LogP contribution is 2.26. The van der Waals surface area contributed by atoms with Gasteiger partial charge in [0.05, 0.1) is 6.10 Å². The van der Waals surface area contributed by atoms with Crippen molar-refractivity contribution in [2.75, 3.05) is 7.05 Å². The molecule has 0 heterocycles. The highest BCUT2D eigenvalue weighted by molar-refractivity contribution is 5.81. The first-order valence-corrected chi connectivity index (χ1v) is 5.99. The van der Waals surface area contributed by atoms with Gasteiger partial charge in [-0.1, -0.05) is 20.8 Å². The van der Waals surface area contributed by atoms with E-state index in [4.69, 9.17) is 10.7 Å². The van der Waals surface area contributed by atoms with E-state index in [1.807, 2.05) is 32.7 Å². The molecule has 2 N–H and O–H groups in total. The Hall–Kier alpha value is -0.610. The molecule has 0 aromatic heterocycles. The first kappa shape index (κ1) is 13.5. The third kappa shape index (κ3) is 3.19. The van der Waals surface area contributed by atoms with E-state index >= 15 is 0 Å². The van der Waals surface area contributed by atoms with Gasteiger partial charge in [-0.2, -0.15) is 0 Å². The maximum Gasteiger partial charge on any atom is 0.227 e. The number of hydrogen-bond acceptors (Lipinski definition) is 3. The number of carbonyl (C=O) groups excluding carboxylic acids is 1. The van der Waals surface area contributed by atoms with Gasteiger partial charge in [0, 0.05) is 18.5 Å². The van der Waals surface area contributed by atoms with Crippen molar-refractivity contribution in [3.63, 3.8) is 0 Å². The topological polar surface area (TPSA) is 55.6 Å². The highest BCUT2D eigenvalue weighted by atomic mass is 16.6. The van der Waals surface area contributed by atoms with Crippen molar-refractivity contribution in [2.24, 2.45) is 11.3 Å². The van der Waals surface area contributed by atoms with Gasteiger partial charge < -0.3 is 9.74 Å². The molecule has 1 aliphatic carbocycles. The van der Waals surface area contributed by atoms with E-state index in [1.165, 1.54) is 0 Å². The Kier molecular flexibility index (Phi) is 4.33. The minimum atomic E-state index is -0.296. The minimum Gasteiger partial charge on any atom is -0.342 e. The van der Waals surface area contributed by atoms with Crippen molar-refractivity contribution in [2.45, 2.75) is 58.6 Å². The first-order chi connectivity index (χ1) is 7.36. The molecule has 4 heteroatoms. The Bertz CT molecular complexity index is 240. The zero-order chi connectivity index (χ0) is 12.3. The van der Waals surface area contributed by atoms with Gasteiger partial charge in [0.1, 0.15) is 0 Å². The second-order valence-electron chi connectivity index (χ2n) is 5.73. The molecule has 1 amide bonds. The fraction of sp³-hybridized carbons (Fsp3) is 0.917. The van der Waals surface area contributed by atoms with E-state index in [0.29, 0.717) is 6.04 Å². The molecule has 0 bridgehead atoms. The van der Waals surface area contributed by atoms with Crippen LogP contribution in [0.2, 0.25) is 0 Å². The molecule has 0 unspecified atom stereocenters. The van der Waals surface area contributed by atoms with Crippen LogP contribution in [0.3, 0.4) is 0 Å². The molecule has 4 nitrogen and oxygen atoms in total. The summed E-state index contributed by atoms with van der Waals surface area (Å²) in [6.07, 6.45) is 4.04. The van der Waals surface area contributed by atoms with E-state index in [1.54, 1.807) is 0 Å². The van der Waals surface area contributed by atoms with Crippen molar-refractivity contribution in [1.82, 2.24) is 4.90 Å². The minimum absolute atomic E-state index is 0.175. The van der Waals surface area contributed by atoms with Gasteiger partial charge in [-0.25, -0.2) is 5.90 Å². The summed E-state index contributed by atoms with van der Waals surface area (Å²) in [7, 11) is 1.90. The molecule has 1 fully saturated rings. The normalized spacial score (nSPS) is 26.6. The largest absolute Gasteiger partial charge is 0.342 e. The van der Waals surface area contributed by atoms with E-state index in [0.717, 1.165) is 25.7 Å². The van der Waals surface area contributed by atoms with Crippen molar-refractivity contribution < 1.29 is 9.63 Å². The van der Waals surface area contributed by atoms with Crippen LogP contribution in [0, 0.1) is 5.41 Å². The van der Waals surface area contributed by atoms with Crippen molar-refractivity contribution in [1.29, 1.82) is 0 Å². The summed E-state index contributed by atoms with van der Waals surface area (Å²) < 4.78 is 0. The molecule has 16 heavy (non-hydrogen) atoms. The highest BCUT2D eigenvalue weighted by Gasteiger charge is 2.31. The average Bonchev–Trinajstić information content (AvgIpc) is 2.26.